The zero-order chi connectivity index (χ0) is 16.7. The van der Waals surface area contributed by atoms with Gasteiger partial charge in [-0.2, -0.15) is 0 Å². The van der Waals surface area contributed by atoms with Gasteiger partial charge in [-0.1, -0.05) is 30.3 Å². The van der Waals surface area contributed by atoms with Crippen molar-refractivity contribution in [2.45, 2.75) is 45.1 Å². The second-order valence-electron chi connectivity index (χ2n) is 6.32. The third-order valence-corrected chi connectivity index (χ3v) is 4.39. The maximum Gasteiger partial charge on any atom is 1.00 e. The molecule has 0 radical (unpaired) electrons. The summed E-state index contributed by atoms with van der Waals surface area (Å²) in [6.07, 6.45) is 2.96. The van der Waals surface area contributed by atoms with Crippen LogP contribution >= 0.6 is 0 Å². The molecule has 1 N–H and O–H groups in total. The van der Waals surface area contributed by atoms with E-state index in [9.17, 15) is 14.7 Å². The molecule has 0 aromatic heterocycles. The molecule has 126 valence electrons. The molecule has 2 rings (SSSR count). The van der Waals surface area contributed by atoms with E-state index in [0.29, 0.717) is 31.7 Å². The van der Waals surface area contributed by atoms with Crippen molar-refractivity contribution < 1.29 is 70.8 Å². The molecule has 0 aliphatic heterocycles. The fraction of sp³-hybridized carbons (Fsp3) is 0.556. The summed E-state index contributed by atoms with van der Waals surface area (Å²) < 4.78 is 5.35. The predicted molar refractivity (Wildman–Crippen MR) is 84.5 cm³/mol. The van der Waals surface area contributed by atoms with Crippen LogP contribution in [0, 0.1) is 11.8 Å². The van der Waals surface area contributed by atoms with Crippen LogP contribution in [0.5, 0.6) is 0 Å². The van der Waals surface area contributed by atoms with E-state index in [-0.39, 0.29) is 63.4 Å². The van der Waals surface area contributed by atoms with Gasteiger partial charge < -0.3 is 20.0 Å². The van der Waals surface area contributed by atoms with Crippen molar-refractivity contribution in [3.8, 4) is 0 Å². The van der Waals surface area contributed by atoms with Gasteiger partial charge in [-0.05, 0) is 50.0 Å². The number of carboxylic acids is 1. The molecular formula is C18H24KNO4. The molecule has 1 aromatic rings. The van der Waals surface area contributed by atoms with Crippen LogP contribution in [0.4, 0.5) is 4.79 Å². The van der Waals surface area contributed by atoms with Crippen molar-refractivity contribution in [1.29, 1.82) is 0 Å². The largest absolute Gasteiger partial charge is 1.00 e. The van der Waals surface area contributed by atoms with Crippen molar-refractivity contribution in [2.75, 3.05) is 6.54 Å². The number of aliphatic carboxylic acids is 1. The summed E-state index contributed by atoms with van der Waals surface area (Å²) in [5.41, 5.74) is 1.13. The first-order valence-electron chi connectivity index (χ1n) is 8.24. The Hall–Kier alpha value is -0.404. The van der Waals surface area contributed by atoms with Crippen LogP contribution in [0.25, 0.3) is 0 Å². The zero-order valence-corrected chi connectivity index (χ0v) is 17.6. The number of benzene rings is 1. The van der Waals surface area contributed by atoms with Gasteiger partial charge in [0, 0.05) is 18.9 Å². The second-order valence-corrected chi connectivity index (χ2v) is 6.32. The van der Waals surface area contributed by atoms with Crippen LogP contribution in [0.15, 0.2) is 30.3 Å². The third-order valence-electron chi connectivity index (χ3n) is 4.39. The van der Waals surface area contributed by atoms with E-state index in [1.54, 1.807) is 0 Å². The van der Waals surface area contributed by atoms with Gasteiger partial charge in [0.05, 0.1) is 0 Å². The standard InChI is InChI=1S/C18H25NO4.K/c1-13(11-14-5-3-2-4-6-14)23-18(22)19-12-15-7-9-16(10-8-15)17(20)21;/h2-6,13,15-16H,7-12H2,1H3,(H,19,22)(H,20,21);/q;+1/p-1. The van der Waals surface area contributed by atoms with Crippen LogP contribution in [0.2, 0.25) is 0 Å². The fourth-order valence-electron chi connectivity index (χ4n) is 3.04. The first kappa shape index (κ1) is 21.6. The van der Waals surface area contributed by atoms with Crippen molar-refractivity contribution in [3.05, 3.63) is 35.9 Å². The second kappa shape index (κ2) is 11.3. The van der Waals surface area contributed by atoms with Crippen molar-refractivity contribution in [3.63, 3.8) is 0 Å². The molecule has 24 heavy (non-hydrogen) atoms. The van der Waals surface area contributed by atoms with Gasteiger partial charge in [0.25, 0.3) is 0 Å². The molecule has 0 saturated heterocycles. The Bertz CT molecular complexity index is 515. The van der Waals surface area contributed by atoms with Gasteiger partial charge in [-0.25, -0.2) is 4.79 Å². The van der Waals surface area contributed by atoms with E-state index in [1.807, 2.05) is 37.3 Å². The summed E-state index contributed by atoms with van der Waals surface area (Å²) in [6.45, 7) is 2.41. The van der Waals surface area contributed by atoms with Crippen molar-refractivity contribution in [2.24, 2.45) is 11.8 Å². The Kier molecular flexibility index (Phi) is 10.2. The maximum absolute atomic E-state index is 11.8. The van der Waals surface area contributed by atoms with Crippen molar-refractivity contribution >= 4 is 12.1 Å². The number of amides is 1. The molecule has 0 bridgehead atoms. The van der Waals surface area contributed by atoms with Gasteiger partial charge in [0.2, 0.25) is 0 Å². The Balaban J connectivity index is 0.00000288. The number of carbonyl (C=O) groups is 2. The van der Waals surface area contributed by atoms with Gasteiger partial charge in [0.1, 0.15) is 6.10 Å². The number of ether oxygens (including phenoxy) is 1. The third kappa shape index (κ3) is 7.65. The van der Waals surface area contributed by atoms with Gasteiger partial charge in [-0.15, -0.1) is 0 Å². The first-order valence-corrected chi connectivity index (χ1v) is 8.24. The first-order chi connectivity index (χ1) is 11.0. The van der Waals surface area contributed by atoms with Crippen LogP contribution in [-0.2, 0) is 16.0 Å². The Morgan fingerprint density at radius 2 is 1.83 bits per heavy atom. The van der Waals surface area contributed by atoms with E-state index < -0.39 is 12.1 Å². The quantitative estimate of drug-likeness (QED) is 0.656. The molecule has 1 amide bonds. The minimum Gasteiger partial charge on any atom is -0.550 e. The normalized spacial score (nSPS) is 21.2. The predicted octanol–water partition coefficient (Wildman–Crippen LogP) is -1.10. The minimum atomic E-state index is -0.953. The average molecular weight is 357 g/mol. The smallest absolute Gasteiger partial charge is 0.550 e. The number of hydrogen-bond acceptors (Lipinski definition) is 4. The molecule has 1 aliphatic carbocycles. The summed E-state index contributed by atoms with van der Waals surface area (Å²) in [4.78, 5) is 22.6. The van der Waals surface area contributed by atoms with E-state index in [0.717, 1.165) is 18.4 Å². The molecule has 5 nitrogen and oxygen atoms in total. The van der Waals surface area contributed by atoms with Gasteiger partial charge in [0.15, 0.2) is 0 Å². The van der Waals surface area contributed by atoms with E-state index in [1.165, 1.54) is 0 Å². The summed E-state index contributed by atoms with van der Waals surface area (Å²) in [5.74, 6) is -0.961. The molecule has 0 heterocycles. The summed E-state index contributed by atoms with van der Waals surface area (Å²) >= 11 is 0. The average Bonchev–Trinajstić information content (AvgIpc) is 2.54. The summed E-state index contributed by atoms with van der Waals surface area (Å²) in [7, 11) is 0. The molecular weight excluding hydrogens is 333 g/mol. The Labute approximate surface area is 186 Å². The molecule has 1 aromatic carbocycles. The van der Waals surface area contributed by atoms with E-state index in [4.69, 9.17) is 4.74 Å². The topological polar surface area (TPSA) is 78.5 Å². The maximum atomic E-state index is 11.8. The van der Waals surface area contributed by atoms with Crippen molar-refractivity contribution in [1.82, 2.24) is 5.32 Å². The molecule has 1 atom stereocenters. The van der Waals surface area contributed by atoms with Crippen LogP contribution < -0.4 is 61.8 Å². The summed E-state index contributed by atoms with van der Waals surface area (Å²) in [5, 5.41) is 13.6. The molecule has 1 unspecified atom stereocenters. The van der Waals surface area contributed by atoms with Crippen LogP contribution in [0.1, 0.15) is 38.2 Å². The SMILES string of the molecule is CC(Cc1ccccc1)OC(=O)NCC1CCC(C(=O)[O-])CC1.[K+]. The summed E-state index contributed by atoms with van der Waals surface area (Å²) in [6, 6.07) is 9.90. The number of carbonyl (C=O) groups excluding carboxylic acids is 2. The number of rotatable bonds is 6. The van der Waals surface area contributed by atoms with Gasteiger partial charge in [-0.3, -0.25) is 0 Å². The number of nitrogens with one attached hydrogen (secondary N) is 1. The monoisotopic (exact) mass is 357 g/mol. The molecule has 1 saturated carbocycles. The number of alkyl carbamates (subject to hydrolysis) is 1. The fourth-order valence-corrected chi connectivity index (χ4v) is 3.04. The number of carboxylic acid groups (broad SMARTS) is 1. The molecule has 0 spiro atoms. The van der Waals surface area contributed by atoms with E-state index >= 15 is 0 Å². The minimum absolute atomic E-state index is 0. The van der Waals surface area contributed by atoms with Crippen LogP contribution in [-0.4, -0.2) is 24.7 Å². The van der Waals surface area contributed by atoms with Gasteiger partial charge >= 0.3 is 57.5 Å². The number of hydrogen-bond donors (Lipinski definition) is 1. The van der Waals surface area contributed by atoms with E-state index in [2.05, 4.69) is 5.32 Å². The molecule has 1 fully saturated rings. The Morgan fingerprint density at radius 3 is 2.42 bits per heavy atom. The molecule has 6 heteroatoms. The molecule has 1 aliphatic rings. The van der Waals surface area contributed by atoms with Crippen LogP contribution in [0.3, 0.4) is 0 Å². The zero-order valence-electron chi connectivity index (χ0n) is 14.5. The Morgan fingerprint density at radius 1 is 1.21 bits per heavy atom.